The summed E-state index contributed by atoms with van der Waals surface area (Å²) in [5.74, 6) is -0.00641. The number of nitrogens with one attached hydrogen (secondary N) is 1. The lowest BCUT2D eigenvalue weighted by Gasteiger charge is -2.33. The average molecular weight is 315 g/mol. The van der Waals surface area contributed by atoms with Crippen LogP contribution in [-0.4, -0.2) is 33.4 Å². The smallest absolute Gasteiger partial charge is 0.251 e. The van der Waals surface area contributed by atoms with Crippen molar-refractivity contribution in [3.63, 3.8) is 0 Å². The predicted molar refractivity (Wildman–Crippen MR) is 90.5 cm³/mol. The molecule has 0 fully saturated rings. The van der Waals surface area contributed by atoms with E-state index in [0.717, 1.165) is 5.69 Å². The first-order valence-electron chi connectivity index (χ1n) is 7.87. The molecule has 124 valence electrons. The predicted octanol–water partition coefficient (Wildman–Crippen LogP) is 2.65. The van der Waals surface area contributed by atoms with Gasteiger partial charge >= 0.3 is 0 Å². The molecular weight excluding hydrogens is 290 g/mol. The lowest BCUT2D eigenvalue weighted by atomic mass is 9.80. The third-order valence-electron chi connectivity index (χ3n) is 4.01. The van der Waals surface area contributed by atoms with Gasteiger partial charge in [0.05, 0.1) is 11.8 Å². The largest absolute Gasteiger partial charge is 0.392 e. The van der Waals surface area contributed by atoms with Gasteiger partial charge in [0.2, 0.25) is 0 Å². The van der Waals surface area contributed by atoms with Crippen LogP contribution in [0.2, 0.25) is 0 Å². The number of hydrogen-bond donors (Lipinski definition) is 2. The first kappa shape index (κ1) is 17.2. The van der Waals surface area contributed by atoms with Crippen LogP contribution >= 0.6 is 0 Å². The van der Waals surface area contributed by atoms with Crippen LogP contribution in [0, 0.1) is 11.3 Å². The molecule has 2 aromatic rings. The Morgan fingerprint density at radius 1 is 1.35 bits per heavy atom. The van der Waals surface area contributed by atoms with Crippen molar-refractivity contribution in [2.75, 3.05) is 6.54 Å². The molecule has 0 aliphatic carbocycles. The van der Waals surface area contributed by atoms with E-state index < -0.39 is 6.10 Å². The molecular formula is C18H25N3O2. The molecule has 1 amide bonds. The Labute approximate surface area is 137 Å². The highest BCUT2D eigenvalue weighted by Gasteiger charge is 2.30. The third-order valence-corrected chi connectivity index (χ3v) is 4.01. The van der Waals surface area contributed by atoms with E-state index >= 15 is 0 Å². The van der Waals surface area contributed by atoms with Crippen molar-refractivity contribution in [3.05, 3.63) is 48.3 Å². The normalized spacial score (nSPS) is 13.1. The van der Waals surface area contributed by atoms with Crippen LogP contribution in [0.15, 0.2) is 42.7 Å². The summed E-state index contributed by atoms with van der Waals surface area (Å²) in [6.45, 7) is 8.27. The molecule has 2 rings (SSSR count). The highest BCUT2D eigenvalue weighted by molar-refractivity contribution is 5.94. The molecule has 1 aromatic heterocycles. The number of aliphatic hydroxyl groups is 1. The Balaban J connectivity index is 2.06. The summed E-state index contributed by atoms with van der Waals surface area (Å²) in [6.07, 6.45) is 3.06. The minimum atomic E-state index is -0.474. The molecule has 2 N–H and O–H groups in total. The van der Waals surface area contributed by atoms with Crippen LogP contribution in [0.1, 0.15) is 38.1 Å². The number of rotatable bonds is 6. The fraction of sp³-hybridized carbons (Fsp3) is 0.444. The molecule has 5 nitrogen and oxygen atoms in total. The standard InChI is InChI=1S/C18H25N3O2/c1-13(2)16(22)18(3,4)12-19-17(23)14-7-5-8-15(11-14)21-10-6-9-20-21/h5-11,13,16,22H,12H2,1-4H3,(H,19,23). The number of amides is 1. The Hall–Kier alpha value is -2.14. The third kappa shape index (κ3) is 4.20. The molecule has 1 atom stereocenters. The van der Waals surface area contributed by atoms with Crippen LogP contribution in [0.5, 0.6) is 0 Å². The fourth-order valence-electron chi connectivity index (χ4n) is 2.63. The summed E-state index contributed by atoms with van der Waals surface area (Å²) >= 11 is 0. The number of carbonyl (C=O) groups excluding carboxylic acids is 1. The van der Waals surface area contributed by atoms with Crippen LogP contribution in [0.3, 0.4) is 0 Å². The second-order valence-electron chi connectivity index (χ2n) is 6.86. The summed E-state index contributed by atoms with van der Waals surface area (Å²) in [7, 11) is 0. The Morgan fingerprint density at radius 3 is 2.70 bits per heavy atom. The van der Waals surface area contributed by atoms with Gasteiger partial charge in [-0.25, -0.2) is 4.68 Å². The van der Waals surface area contributed by atoms with Gasteiger partial charge in [-0.2, -0.15) is 5.10 Å². The Morgan fingerprint density at radius 2 is 2.09 bits per heavy atom. The van der Waals surface area contributed by atoms with Crippen molar-refractivity contribution in [2.45, 2.75) is 33.8 Å². The maximum absolute atomic E-state index is 12.4. The summed E-state index contributed by atoms with van der Waals surface area (Å²) in [6, 6.07) is 9.14. The molecule has 1 heterocycles. The minimum Gasteiger partial charge on any atom is -0.392 e. The van der Waals surface area contributed by atoms with Gasteiger partial charge in [0.25, 0.3) is 5.91 Å². The van der Waals surface area contributed by atoms with Gasteiger partial charge in [0.1, 0.15) is 0 Å². The van der Waals surface area contributed by atoms with Crippen molar-refractivity contribution in [3.8, 4) is 5.69 Å². The average Bonchev–Trinajstić information content (AvgIpc) is 3.06. The highest BCUT2D eigenvalue weighted by Crippen LogP contribution is 2.25. The maximum atomic E-state index is 12.4. The molecule has 0 aliphatic heterocycles. The summed E-state index contributed by atoms with van der Waals surface area (Å²) in [5, 5.41) is 17.3. The van der Waals surface area contributed by atoms with Crippen LogP contribution in [0.4, 0.5) is 0 Å². The van der Waals surface area contributed by atoms with Gasteiger partial charge in [-0.3, -0.25) is 4.79 Å². The zero-order valence-corrected chi connectivity index (χ0v) is 14.2. The number of hydrogen-bond acceptors (Lipinski definition) is 3. The molecule has 1 unspecified atom stereocenters. The van der Waals surface area contributed by atoms with E-state index in [1.165, 1.54) is 0 Å². The summed E-state index contributed by atoms with van der Waals surface area (Å²) in [4.78, 5) is 12.4. The van der Waals surface area contributed by atoms with Crippen molar-refractivity contribution in [2.24, 2.45) is 11.3 Å². The number of nitrogens with zero attached hydrogens (tertiary/aromatic N) is 2. The Bertz CT molecular complexity index is 648. The van der Waals surface area contributed by atoms with Crippen molar-refractivity contribution < 1.29 is 9.90 Å². The number of benzene rings is 1. The number of carbonyl (C=O) groups is 1. The van der Waals surface area contributed by atoms with Crippen molar-refractivity contribution in [1.82, 2.24) is 15.1 Å². The monoisotopic (exact) mass is 315 g/mol. The minimum absolute atomic E-state index is 0.144. The van der Waals surface area contributed by atoms with E-state index in [4.69, 9.17) is 0 Å². The van der Waals surface area contributed by atoms with Gasteiger partial charge in [-0.1, -0.05) is 33.8 Å². The number of aromatic nitrogens is 2. The van der Waals surface area contributed by atoms with E-state index in [-0.39, 0.29) is 17.2 Å². The molecule has 1 aromatic carbocycles. The molecule has 0 saturated heterocycles. The fourth-order valence-corrected chi connectivity index (χ4v) is 2.63. The second kappa shape index (κ2) is 6.96. The quantitative estimate of drug-likeness (QED) is 0.861. The van der Waals surface area contributed by atoms with Gasteiger partial charge in [0.15, 0.2) is 0 Å². The van der Waals surface area contributed by atoms with E-state index in [1.54, 1.807) is 23.0 Å². The Kier molecular flexibility index (Phi) is 5.21. The van der Waals surface area contributed by atoms with Gasteiger partial charge in [-0.15, -0.1) is 0 Å². The molecule has 5 heteroatoms. The lowest BCUT2D eigenvalue weighted by Crippen LogP contribution is -2.43. The SMILES string of the molecule is CC(C)C(O)C(C)(C)CNC(=O)c1cccc(-n2cccn2)c1. The van der Waals surface area contributed by atoms with E-state index in [0.29, 0.717) is 12.1 Å². The molecule has 0 aliphatic rings. The van der Waals surface area contributed by atoms with Crippen molar-refractivity contribution >= 4 is 5.91 Å². The van der Waals surface area contributed by atoms with Crippen LogP contribution in [-0.2, 0) is 0 Å². The van der Waals surface area contributed by atoms with Crippen molar-refractivity contribution in [1.29, 1.82) is 0 Å². The number of aliphatic hydroxyl groups excluding tert-OH is 1. The zero-order valence-electron chi connectivity index (χ0n) is 14.2. The first-order chi connectivity index (χ1) is 10.8. The molecule has 0 radical (unpaired) electrons. The lowest BCUT2D eigenvalue weighted by molar-refractivity contribution is 0.0138. The van der Waals surface area contributed by atoms with Gasteiger partial charge < -0.3 is 10.4 Å². The highest BCUT2D eigenvalue weighted by atomic mass is 16.3. The maximum Gasteiger partial charge on any atom is 0.251 e. The van der Waals surface area contributed by atoms with E-state index in [9.17, 15) is 9.90 Å². The molecule has 0 spiro atoms. The second-order valence-corrected chi connectivity index (χ2v) is 6.86. The summed E-state index contributed by atoms with van der Waals surface area (Å²) in [5.41, 5.74) is 1.03. The van der Waals surface area contributed by atoms with Crippen LogP contribution < -0.4 is 5.32 Å². The van der Waals surface area contributed by atoms with E-state index in [1.807, 2.05) is 52.1 Å². The zero-order chi connectivity index (χ0) is 17.0. The van der Waals surface area contributed by atoms with E-state index in [2.05, 4.69) is 10.4 Å². The summed E-state index contributed by atoms with van der Waals surface area (Å²) < 4.78 is 1.71. The first-order valence-corrected chi connectivity index (χ1v) is 7.87. The molecule has 0 saturated carbocycles. The van der Waals surface area contributed by atoms with Crippen LogP contribution in [0.25, 0.3) is 5.69 Å². The molecule has 0 bridgehead atoms. The van der Waals surface area contributed by atoms with Gasteiger partial charge in [-0.05, 0) is 30.2 Å². The van der Waals surface area contributed by atoms with Gasteiger partial charge in [0, 0.05) is 29.9 Å². The topological polar surface area (TPSA) is 67.2 Å². The molecule has 23 heavy (non-hydrogen) atoms.